The second-order valence-corrected chi connectivity index (χ2v) is 7.66. The summed E-state index contributed by atoms with van der Waals surface area (Å²) in [5.41, 5.74) is 2.00. The van der Waals surface area contributed by atoms with Crippen molar-refractivity contribution in [3.63, 3.8) is 0 Å². The summed E-state index contributed by atoms with van der Waals surface area (Å²) in [6.45, 7) is 2.35. The Labute approximate surface area is 163 Å². The highest BCUT2D eigenvalue weighted by atomic mass is 32.1. The third-order valence-corrected chi connectivity index (χ3v) is 6.15. The van der Waals surface area contributed by atoms with E-state index in [4.69, 9.17) is 9.47 Å². The molecule has 0 atom stereocenters. The molecule has 1 aliphatic rings. The van der Waals surface area contributed by atoms with Crippen LogP contribution in [0.3, 0.4) is 0 Å². The van der Waals surface area contributed by atoms with Crippen LogP contribution >= 0.6 is 11.3 Å². The number of hydrogen-bond acceptors (Lipinski definition) is 5. The molecule has 5 rings (SSSR count). The third-order valence-electron chi connectivity index (χ3n) is 4.89. The van der Waals surface area contributed by atoms with Crippen LogP contribution in [0.2, 0.25) is 0 Å². The van der Waals surface area contributed by atoms with Gasteiger partial charge in [0.25, 0.3) is 5.56 Å². The van der Waals surface area contributed by atoms with Crippen molar-refractivity contribution < 1.29 is 9.47 Å². The van der Waals surface area contributed by atoms with Gasteiger partial charge in [-0.3, -0.25) is 14.3 Å². The number of nitrogens with zero attached hydrogens (tertiary/aromatic N) is 1. The van der Waals surface area contributed by atoms with Crippen molar-refractivity contribution in [3.05, 3.63) is 80.5 Å². The first-order chi connectivity index (χ1) is 13.6. The minimum absolute atomic E-state index is 0.210. The number of benzene rings is 2. The van der Waals surface area contributed by atoms with E-state index in [9.17, 15) is 9.59 Å². The van der Waals surface area contributed by atoms with E-state index < -0.39 is 5.69 Å². The fourth-order valence-electron chi connectivity index (χ4n) is 3.47. The number of H-pyrrole nitrogens is 1. The molecule has 1 N–H and O–H groups in total. The monoisotopic (exact) mass is 392 g/mol. The van der Waals surface area contributed by atoms with Crippen LogP contribution in [-0.2, 0) is 6.54 Å². The molecule has 0 radical (unpaired) electrons. The average Bonchev–Trinajstić information content (AvgIpc) is 3.29. The molecule has 4 aromatic rings. The summed E-state index contributed by atoms with van der Waals surface area (Å²) in [6, 6.07) is 15.2. The zero-order valence-corrected chi connectivity index (χ0v) is 15.8. The number of thiophene rings is 1. The molecule has 6 nitrogen and oxygen atoms in total. The van der Waals surface area contributed by atoms with Gasteiger partial charge in [-0.05, 0) is 41.8 Å². The highest BCUT2D eigenvalue weighted by Gasteiger charge is 2.20. The first-order valence-corrected chi connectivity index (χ1v) is 9.63. The number of aromatic amines is 1. The molecule has 2 aromatic carbocycles. The minimum Gasteiger partial charge on any atom is -0.454 e. The van der Waals surface area contributed by atoms with Crippen molar-refractivity contribution in [3.8, 4) is 21.9 Å². The molecule has 2 aromatic heterocycles. The van der Waals surface area contributed by atoms with Crippen molar-refractivity contribution in [1.29, 1.82) is 0 Å². The molecule has 0 fully saturated rings. The van der Waals surface area contributed by atoms with Crippen molar-refractivity contribution in [2.24, 2.45) is 0 Å². The van der Waals surface area contributed by atoms with E-state index in [0.717, 1.165) is 21.6 Å². The Morgan fingerprint density at radius 2 is 1.86 bits per heavy atom. The van der Waals surface area contributed by atoms with Crippen molar-refractivity contribution in [1.82, 2.24) is 9.55 Å². The van der Waals surface area contributed by atoms with Crippen LogP contribution in [0, 0.1) is 6.92 Å². The smallest absolute Gasteiger partial charge is 0.329 e. The van der Waals surface area contributed by atoms with Crippen LogP contribution < -0.4 is 20.7 Å². The van der Waals surface area contributed by atoms with Crippen LogP contribution in [0.4, 0.5) is 0 Å². The lowest BCUT2D eigenvalue weighted by Gasteiger charge is -2.05. The number of nitrogens with one attached hydrogen (secondary N) is 1. The molecule has 28 heavy (non-hydrogen) atoms. The standard InChI is InChI=1S/C21H16N2O4S/c1-12-17-19(28-18(12)14-7-8-15-16(9-14)27-11-26-15)22-21(25)23(20(17)24)10-13-5-3-2-4-6-13/h2-9H,10-11H2,1H3,(H,22,25). The van der Waals surface area contributed by atoms with Crippen LogP contribution in [0.5, 0.6) is 11.5 Å². The van der Waals surface area contributed by atoms with Crippen LogP contribution in [0.15, 0.2) is 58.1 Å². The van der Waals surface area contributed by atoms with Gasteiger partial charge < -0.3 is 9.47 Å². The summed E-state index contributed by atoms with van der Waals surface area (Å²) in [7, 11) is 0. The van der Waals surface area contributed by atoms with Crippen LogP contribution in [0.25, 0.3) is 20.7 Å². The van der Waals surface area contributed by atoms with E-state index >= 15 is 0 Å². The molecule has 0 spiro atoms. The molecule has 0 unspecified atom stereocenters. The zero-order valence-electron chi connectivity index (χ0n) is 15.0. The number of rotatable bonds is 3. The summed E-state index contributed by atoms with van der Waals surface area (Å²) >= 11 is 1.40. The number of aromatic nitrogens is 2. The molecule has 7 heteroatoms. The number of ether oxygens (including phenoxy) is 2. The summed E-state index contributed by atoms with van der Waals surface area (Å²) < 4.78 is 12.1. The van der Waals surface area contributed by atoms with E-state index in [2.05, 4.69) is 4.98 Å². The van der Waals surface area contributed by atoms with Gasteiger partial charge in [0.1, 0.15) is 4.83 Å². The number of hydrogen-bond donors (Lipinski definition) is 1. The molecule has 0 bridgehead atoms. The maximum absolute atomic E-state index is 13.1. The lowest BCUT2D eigenvalue weighted by Crippen LogP contribution is -2.35. The topological polar surface area (TPSA) is 73.3 Å². The van der Waals surface area contributed by atoms with E-state index in [1.807, 2.05) is 55.5 Å². The molecular weight excluding hydrogens is 376 g/mol. The maximum atomic E-state index is 13.1. The highest BCUT2D eigenvalue weighted by Crippen LogP contribution is 2.40. The van der Waals surface area contributed by atoms with Gasteiger partial charge in [0.15, 0.2) is 11.5 Å². The van der Waals surface area contributed by atoms with Gasteiger partial charge in [-0.1, -0.05) is 30.3 Å². The minimum atomic E-state index is -0.403. The molecule has 0 saturated heterocycles. The summed E-state index contributed by atoms with van der Waals surface area (Å²) in [6.07, 6.45) is 0. The predicted molar refractivity (Wildman–Crippen MR) is 109 cm³/mol. The Bertz CT molecular complexity index is 1320. The molecule has 1 aliphatic heterocycles. The molecule has 0 aliphatic carbocycles. The van der Waals surface area contributed by atoms with Crippen molar-refractivity contribution in [2.75, 3.05) is 6.79 Å². The van der Waals surface area contributed by atoms with E-state index in [1.54, 1.807) is 0 Å². The van der Waals surface area contributed by atoms with Crippen LogP contribution in [-0.4, -0.2) is 16.3 Å². The normalized spacial score (nSPS) is 12.6. The first kappa shape index (κ1) is 16.8. The Balaban J connectivity index is 1.66. The highest BCUT2D eigenvalue weighted by molar-refractivity contribution is 7.22. The molecule has 140 valence electrons. The molecule has 3 heterocycles. The van der Waals surface area contributed by atoms with Gasteiger partial charge in [0.2, 0.25) is 6.79 Å². The summed E-state index contributed by atoms with van der Waals surface area (Å²) in [4.78, 5) is 30.0. The Morgan fingerprint density at radius 1 is 1.07 bits per heavy atom. The van der Waals surface area contributed by atoms with Gasteiger partial charge >= 0.3 is 5.69 Å². The van der Waals surface area contributed by atoms with E-state index in [0.29, 0.717) is 21.7 Å². The SMILES string of the molecule is Cc1c(-c2ccc3c(c2)OCO3)sc2[nH]c(=O)n(Cc3ccccc3)c(=O)c12. The third kappa shape index (κ3) is 2.63. The van der Waals surface area contributed by atoms with Gasteiger partial charge in [0, 0.05) is 4.88 Å². The fraction of sp³-hybridized carbons (Fsp3) is 0.143. The summed E-state index contributed by atoms with van der Waals surface area (Å²) in [5, 5.41) is 0.549. The lowest BCUT2D eigenvalue weighted by molar-refractivity contribution is 0.174. The lowest BCUT2D eigenvalue weighted by atomic mass is 10.1. The predicted octanol–water partition coefficient (Wildman–Crippen LogP) is 3.50. The largest absolute Gasteiger partial charge is 0.454 e. The quantitative estimate of drug-likeness (QED) is 0.579. The Hall–Kier alpha value is -3.32. The van der Waals surface area contributed by atoms with Crippen LogP contribution in [0.1, 0.15) is 11.1 Å². The Morgan fingerprint density at radius 3 is 2.68 bits per heavy atom. The zero-order chi connectivity index (χ0) is 19.3. The van der Waals surface area contributed by atoms with E-state index in [-0.39, 0.29) is 18.9 Å². The second-order valence-electron chi connectivity index (χ2n) is 6.64. The number of aryl methyl sites for hydroxylation is 1. The Kier molecular flexibility index (Phi) is 3.84. The van der Waals surface area contributed by atoms with Gasteiger partial charge in [-0.25, -0.2) is 4.79 Å². The first-order valence-electron chi connectivity index (χ1n) is 8.82. The van der Waals surface area contributed by atoms with Crippen molar-refractivity contribution >= 4 is 21.6 Å². The fourth-order valence-corrected chi connectivity index (χ4v) is 4.66. The number of fused-ring (bicyclic) bond motifs is 2. The average molecular weight is 392 g/mol. The second kappa shape index (κ2) is 6.38. The maximum Gasteiger partial charge on any atom is 0.329 e. The van der Waals surface area contributed by atoms with E-state index in [1.165, 1.54) is 15.9 Å². The van der Waals surface area contributed by atoms with Gasteiger partial charge in [0.05, 0.1) is 11.9 Å². The molecule has 0 amide bonds. The van der Waals surface area contributed by atoms with Crippen molar-refractivity contribution in [2.45, 2.75) is 13.5 Å². The van der Waals surface area contributed by atoms with Gasteiger partial charge in [-0.15, -0.1) is 11.3 Å². The molecule has 0 saturated carbocycles. The van der Waals surface area contributed by atoms with Gasteiger partial charge in [-0.2, -0.15) is 0 Å². The molecular formula is C21H16N2O4S. The summed E-state index contributed by atoms with van der Waals surface area (Å²) in [5.74, 6) is 1.39.